The standard InChI is InChI=1S/C12H10BrClN2O2S/c1-8-7-15-5-4-11(8)16-19(17,18)12-3-2-9(13)6-10(12)14/h2-7H,1H3,(H,15,16). The highest BCUT2D eigenvalue weighted by Gasteiger charge is 2.18. The van der Waals surface area contributed by atoms with Crippen molar-refractivity contribution in [1.29, 1.82) is 0 Å². The third kappa shape index (κ3) is 3.26. The van der Waals surface area contributed by atoms with Crippen molar-refractivity contribution in [2.75, 3.05) is 4.72 Å². The number of anilines is 1. The molecule has 0 atom stereocenters. The van der Waals surface area contributed by atoms with Crippen LogP contribution in [-0.4, -0.2) is 13.4 Å². The van der Waals surface area contributed by atoms with Gasteiger partial charge in [0.15, 0.2) is 0 Å². The summed E-state index contributed by atoms with van der Waals surface area (Å²) >= 11 is 9.19. The number of nitrogens with one attached hydrogen (secondary N) is 1. The molecule has 100 valence electrons. The number of pyridine rings is 1. The summed E-state index contributed by atoms with van der Waals surface area (Å²) in [7, 11) is -3.71. The van der Waals surface area contributed by atoms with E-state index in [0.717, 1.165) is 10.0 Å². The summed E-state index contributed by atoms with van der Waals surface area (Å²) in [6.07, 6.45) is 3.11. The molecule has 0 aliphatic heterocycles. The van der Waals surface area contributed by atoms with E-state index in [9.17, 15) is 8.42 Å². The minimum absolute atomic E-state index is 0.0357. The fourth-order valence-corrected chi connectivity index (χ4v) is 3.65. The van der Waals surface area contributed by atoms with Crippen molar-refractivity contribution in [3.63, 3.8) is 0 Å². The molecule has 0 unspecified atom stereocenters. The molecule has 1 aromatic heterocycles. The van der Waals surface area contributed by atoms with Crippen molar-refractivity contribution in [2.24, 2.45) is 0 Å². The lowest BCUT2D eigenvalue weighted by Crippen LogP contribution is -2.14. The Morgan fingerprint density at radius 2 is 2.05 bits per heavy atom. The maximum atomic E-state index is 12.3. The zero-order valence-corrected chi connectivity index (χ0v) is 13.1. The molecular weight excluding hydrogens is 352 g/mol. The maximum absolute atomic E-state index is 12.3. The first-order chi connectivity index (χ1) is 8.90. The van der Waals surface area contributed by atoms with Gasteiger partial charge in [-0.15, -0.1) is 0 Å². The molecule has 0 amide bonds. The second-order valence-electron chi connectivity index (χ2n) is 3.87. The minimum Gasteiger partial charge on any atom is -0.279 e. The van der Waals surface area contributed by atoms with Gasteiger partial charge in [0.1, 0.15) is 4.90 Å². The number of sulfonamides is 1. The molecule has 1 N–H and O–H groups in total. The molecule has 1 aromatic carbocycles. The molecule has 0 spiro atoms. The molecule has 0 aliphatic rings. The monoisotopic (exact) mass is 360 g/mol. The smallest absolute Gasteiger partial charge is 0.263 e. The summed E-state index contributed by atoms with van der Waals surface area (Å²) in [4.78, 5) is 3.95. The van der Waals surface area contributed by atoms with Crippen molar-refractivity contribution in [3.05, 3.63) is 51.7 Å². The van der Waals surface area contributed by atoms with E-state index in [2.05, 4.69) is 25.6 Å². The highest BCUT2D eigenvalue weighted by atomic mass is 79.9. The molecule has 2 aromatic rings. The SMILES string of the molecule is Cc1cnccc1NS(=O)(=O)c1ccc(Br)cc1Cl. The van der Waals surface area contributed by atoms with Gasteiger partial charge in [0, 0.05) is 16.9 Å². The Balaban J connectivity index is 2.41. The molecule has 0 aliphatic carbocycles. The first kappa shape index (κ1) is 14.3. The van der Waals surface area contributed by atoms with Gasteiger partial charge in [-0.25, -0.2) is 8.42 Å². The molecule has 0 saturated heterocycles. The number of nitrogens with zero attached hydrogens (tertiary/aromatic N) is 1. The van der Waals surface area contributed by atoms with Gasteiger partial charge in [-0.05, 0) is 36.8 Å². The van der Waals surface area contributed by atoms with Gasteiger partial charge in [-0.3, -0.25) is 9.71 Å². The van der Waals surface area contributed by atoms with Crippen molar-refractivity contribution in [2.45, 2.75) is 11.8 Å². The predicted octanol–water partition coefficient (Wildman–Crippen LogP) is 3.61. The van der Waals surface area contributed by atoms with E-state index in [-0.39, 0.29) is 9.92 Å². The molecule has 0 fully saturated rings. The van der Waals surface area contributed by atoms with Crippen molar-refractivity contribution in [3.8, 4) is 0 Å². The van der Waals surface area contributed by atoms with Crippen LogP contribution in [0.2, 0.25) is 5.02 Å². The molecule has 19 heavy (non-hydrogen) atoms. The van der Waals surface area contributed by atoms with Crippen molar-refractivity contribution < 1.29 is 8.42 Å². The minimum atomic E-state index is -3.71. The van der Waals surface area contributed by atoms with E-state index < -0.39 is 10.0 Å². The Morgan fingerprint density at radius 1 is 1.32 bits per heavy atom. The Kier molecular flexibility index (Phi) is 4.13. The van der Waals surface area contributed by atoms with E-state index in [1.807, 2.05) is 0 Å². The van der Waals surface area contributed by atoms with Crippen LogP contribution in [0.4, 0.5) is 5.69 Å². The Morgan fingerprint density at radius 3 is 2.68 bits per heavy atom. The Labute approximate surface area is 125 Å². The van der Waals surface area contributed by atoms with E-state index in [1.54, 1.807) is 25.3 Å². The van der Waals surface area contributed by atoms with Crippen LogP contribution in [-0.2, 0) is 10.0 Å². The van der Waals surface area contributed by atoms with E-state index >= 15 is 0 Å². The van der Waals surface area contributed by atoms with Crippen LogP contribution in [0.15, 0.2) is 46.0 Å². The topological polar surface area (TPSA) is 59.1 Å². The molecule has 0 bridgehead atoms. The summed E-state index contributed by atoms with van der Waals surface area (Å²) in [6, 6.07) is 6.21. The van der Waals surface area contributed by atoms with Crippen LogP contribution in [0, 0.1) is 6.92 Å². The third-order valence-electron chi connectivity index (χ3n) is 2.45. The molecule has 4 nitrogen and oxygen atoms in total. The normalized spacial score (nSPS) is 11.3. The quantitative estimate of drug-likeness (QED) is 0.908. The highest BCUT2D eigenvalue weighted by molar-refractivity contribution is 9.10. The van der Waals surface area contributed by atoms with Gasteiger partial charge >= 0.3 is 0 Å². The summed E-state index contributed by atoms with van der Waals surface area (Å²) in [5, 5.41) is 0.161. The Hall–Kier alpha value is -1.11. The molecule has 7 heteroatoms. The van der Waals surface area contributed by atoms with Gasteiger partial charge in [0.2, 0.25) is 0 Å². The number of rotatable bonds is 3. The summed E-state index contributed by atoms with van der Waals surface area (Å²) in [5.74, 6) is 0. The Bertz CT molecular complexity index is 719. The average Bonchev–Trinajstić information content (AvgIpc) is 2.31. The number of aromatic nitrogens is 1. The average molecular weight is 362 g/mol. The van der Waals surface area contributed by atoms with Gasteiger partial charge in [-0.2, -0.15) is 0 Å². The predicted molar refractivity (Wildman–Crippen MR) is 78.9 cm³/mol. The van der Waals surface area contributed by atoms with E-state index in [1.165, 1.54) is 18.3 Å². The molecule has 1 heterocycles. The zero-order chi connectivity index (χ0) is 14.0. The van der Waals surface area contributed by atoms with Crippen molar-refractivity contribution in [1.82, 2.24) is 4.98 Å². The molecular formula is C12H10BrClN2O2S. The molecule has 0 saturated carbocycles. The van der Waals surface area contributed by atoms with Crippen LogP contribution >= 0.6 is 27.5 Å². The second-order valence-corrected chi connectivity index (χ2v) is 6.84. The summed E-state index contributed by atoms with van der Waals surface area (Å²) < 4.78 is 27.7. The fourth-order valence-electron chi connectivity index (χ4n) is 1.48. The lowest BCUT2D eigenvalue weighted by Gasteiger charge is -2.11. The van der Waals surface area contributed by atoms with Crippen LogP contribution < -0.4 is 4.72 Å². The van der Waals surface area contributed by atoms with Crippen LogP contribution in [0.5, 0.6) is 0 Å². The summed E-state index contributed by atoms with van der Waals surface area (Å²) in [5.41, 5.74) is 1.22. The second kappa shape index (κ2) is 5.48. The van der Waals surface area contributed by atoms with E-state index in [4.69, 9.17) is 11.6 Å². The van der Waals surface area contributed by atoms with Crippen molar-refractivity contribution >= 4 is 43.2 Å². The number of halogens is 2. The fraction of sp³-hybridized carbons (Fsp3) is 0.0833. The number of hydrogen-bond donors (Lipinski definition) is 1. The van der Waals surface area contributed by atoms with E-state index in [0.29, 0.717) is 5.69 Å². The number of benzene rings is 1. The molecule has 0 radical (unpaired) electrons. The lowest BCUT2D eigenvalue weighted by atomic mass is 10.3. The van der Waals surface area contributed by atoms with Gasteiger partial charge in [-0.1, -0.05) is 27.5 Å². The first-order valence-electron chi connectivity index (χ1n) is 5.28. The third-order valence-corrected chi connectivity index (χ3v) is 4.79. The van der Waals surface area contributed by atoms with Crippen LogP contribution in [0.1, 0.15) is 5.56 Å². The molecule has 2 rings (SSSR count). The first-order valence-corrected chi connectivity index (χ1v) is 7.94. The maximum Gasteiger partial charge on any atom is 0.263 e. The number of hydrogen-bond acceptors (Lipinski definition) is 3. The largest absolute Gasteiger partial charge is 0.279 e. The van der Waals surface area contributed by atoms with Crippen LogP contribution in [0.3, 0.4) is 0 Å². The van der Waals surface area contributed by atoms with Gasteiger partial charge in [0.05, 0.1) is 10.7 Å². The highest BCUT2D eigenvalue weighted by Crippen LogP contribution is 2.27. The lowest BCUT2D eigenvalue weighted by molar-refractivity contribution is 0.601. The zero-order valence-electron chi connectivity index (χ0n) is 9.89. The summed E-state index contributed by atoms with van der Waals surface area (Å²) in [6.45, 7) is 1.77. The van der Waals surface area contributed by atoms with Crippen LogP contribution in [0.25, 0.3) is 0 Å². The van der Waals surface area contributed by atoms with Gasteiger partial charge < -0.3 is 0 Å². The number of aryl methyl sites for hydroxylation is 1. The van der Waals surface area contributed by atoms with Gasteiger partial charge in [0.25, 0.3) is 10.0 Å².